The molecule has 2 N–H and O–H groups in total. The molecule has 2 amide bonds. The molecule has 1 fully saturated rings. The molecule has 38 heavy (non-hydrogen) atoms. The minimum Gasteiger partial charge on any atom is -0.377 e. The maximum absolute atomic E-state index is 13.2. The highest BCUT2D eigenvalue weighted by atomic mass is 35.5. The quantitative estimate of drug-likeness (QED) is 0.538. The first kappa shape index (κ1) is 27.4. The van der Waals surface area contributed by atoms with Gasteiger partial charge in [0.25, 0.3) is 11.8 Å². The average molecular weight is 550 g/mol. The number of carbonyl (C=O) groups excluding carboxylic acids is 3. The zero-order valence-electron chi connectivity index (χ0n) is 20.8. The van der Waals surface area contributed by atoms with Crippen molar-refractivity contribution >= 4 is 34.9 Å². The van der Waals surface area contributed by atoms with Crippen LogP contribution in [-0.4, -0.2) is 59.7 Å². The maximum Gasteiger partial charge on any atom is 0.417 e. The van der Waals surface area contributed by atoms with E-state index < -0.39 is 35.4 Å². The van der Waals surface area contributed by atoms with E-state index in [-0.39, 0.29) is 49.4 Å². The Balaban J connectivity index is 1.38. The molecule has 0 bridgehead atoms. The van der Waals surface area contributed by atoms with Crippen molar-refractivity contribution in [3.8, 4) is 0 Å². The highest BCUT2D eigenvalue weighted by molar-refractivity contribution is 6.38. The second kappa shape index (κ2) is 11.0. The van der Waals surface area contributed by atoms with Gasteiger partial charge in [-0.25, -0.2) is 0 Å². The molecule has 2 atom stereocenters. The third kappa shape index (κ3) is 5.77. The van der Waals surface area contributed by atoms with Crippen molar-refractivity contribution in [1.29, 1.82) is 0 Å². The zero-order chi connectivity index (χ0) is 27.6. The van der Waals surface area contributed by atoms with Crippen LogP contribution in [0.1, 0.15) is 25.0 Å². The minimum atomic E-state index is -4.58. The molecule has 2 aliphatic heterocycles. The Hall–Kier alpha value is -3.60. The van der Waals surface area contributed by atoms with Gasteiger partial charge in [0.05, 0.1) is 22.2 Å². The first-order valence-electron chi connectivity index (χ1n) is 12.1. The van der Waals surface area contributed by atoms with E-state index in [1.807, 2.05) is 6.07 Å². The van der Waals surface area contributed by atoms with Gasteiger partial charge in [0.15, 0.2) is 0 Å². The van der Waals surface area contributed by atoms with Gasteiger partial charge in [0.1, 0.15) is 0 Å². The van der Waals surface area contributed by atoms with Crippen LogP contribution in [0.2, 0.25) is 5.02 Å². The van der Waals surface area contributed by atoms with Gasteiger partial charge >= 0.3 is 6.18 Å². The smallest absolute Gasteiger partial charge is 0.377 e. The predicted molar refractivity (Wildman–Crippen MR) is 135 cm³/mol. The average Bonchev–Trinajstić information content (AvgIpc) is 3.20. The largest absolute Gasteiger partial charge is 0.417 e. The molecular formula is C26H27ClF3N5O3. The molecule has 2 aliphatic rings. The number of amides is 2. The number of ketones is 1. The van der Waals surface area contributed by atoms with Gasteiger partial charge in [-0.05, 0) is 49.2 Å². The minimum absolute atomic E-state index is 0.171. The van der Waals surface area contributed by atoms with E-state index in [4.69, 9.17) is 11.6 Å². The van der Waals surface area contributed by atoms with Gasteiger partial charge in [0.2, 0.25) is 5.78 Å². The third-order valence-corrected chi connectivity index (χ3v) is 7.15. The van der Waals surface area contributed by atoms with Crippen LogP contribution in [0.25, 0.3) is 0 Å². The normalized spacial score (nSPS) is 19.8. The predicted octanol–water partition coefficient (Wildman–Crippen LogP) is 3.17. The Labute approximate surface area is 222 Å². The maximum atomic E-state index is 13.2. The molecule has 0 saturated carbocycles. The van der Waals surface area contributed by atoms with Crippen LogP contribution in [0.4, 0.5) is 18.9 Å². The molecule has 8 nitrogen and oxygen atoms in total. The second-order valence-electron chi connectivity index (χ2n) is 9.32. The summed E-state index contributed by atoms with van der Waals surface area (Å²) in [5, 5.41) is 5.44. The number of pyridine rings is 1. The summed E-state index contributed by atoms with van der Waals surface area (Å²) in [5.41, 5.74) is 0.991. The molecule has 4 rings (SSSR count). The van der Waals surface area contributed by atoms with Crippen molar-refractivity contribution in [2.24, 2.45) is 5.92 Å². The number of alkyl halides is 3. The van der Waals surface area contributed by atoms with E-state index in [1.54, 1.807) is 37.2 Å². The lowest BCUT2D eigenvalue weighted by atomic mass is 9.91. The van der Waals surface area contributed by atoms with Gasteiger partial charge in [-0.15, -0.1) is 0 Å². The van der Waals surface area contributed by atoms with Crippen molar-refractivity contribution in [2.45, 2.75) is 32.6 Å². The highest BCUT2D eigenvalue weighted by Crippen LogP contribution is 2.37. The molecule has 1 saturated heterocycles. The van der Waals surface area contributed by atoms with Gasteiger partial charge in [-0.3, -0.25) is 19.4 Å². The first-order valence-corrected chi connectivity index (χ1v) is 12.4. The van der Waals surface area contributed by atoms with E-state index in [9.17, 15) is 27.6 Å². The number of anilines is 1. The molecule has 0 spiro atoms. The summed E-state index contributed by atoms with van der Waals surface area (Å²) in [6, 6.07) is 6.83. The molecule has 3 heterocycles. The van der Waals surface area contributed by atoms with Gasteiger partial charge in [0, 0.05) is 56.8 Å². The number of hydrogen-bond donors (Lipinski definition) is 2. The molecule has 0 radical (unpaired) electrons. The number of piperazine rings is 1. The van der Waals surface area contributed by atoms with Crippen LogP contribution in [0.3, 0.4) is 0 Å². The number of benzene rings is 1. The summed E-state index contributed by atoms with van der Waals surface area (Å²) < 4.78 is 39.7. The summed E-state index contributed by atoms with van der Waals surface area (Å²) in [4.78, 5) is 46.1. The molecule has 2 unspecified atom stereocenters. The Morgan fingerprint density at radius 2 is 1.87 bits per heavy atom. The molecule has 2 aromatic rings. The fraction of sp³-hybridized carbons (Fsp3) is 0.385. The Kier molecular flexibility index (Phi) is 7.96. The first-order chi connectivity index (χ1) is 18.0. The number of Topliss-reactive ketones (excluding diaryl/α,β-unsaturated/α-hetero) is 1. The van der Waals surface area contributed by atoms with E-state index in [2.05, 4.69) is 15.6 Å². The number of hydrogen-bond acceptors (Lipinski definition) is 6. The lowest BCUT2D eigenvalue weighted by Crippen LogP contribution is -2.52. The lowest BCUT2D eigenvalue weighted by molar-refractivity contribution is -0.146. The Bertz CT molecular complexity index is 1260. The molecular weight excluding hydrogens is 523 g/mol. The number of nitrogens with one attached hydrogen (secondary N) is 2. The monoisotopic (exact) mass is 549 g/mol. The number of carbonyl (C=O) groups is 3. The summed E-state index contributed by atoms with van der Waals surface area (Å²) >= 11 is 5.72. The molecule has 202 valence electrons. The van der Waals surface area contributed by atoms with Crippen LogP contribution in [-0.2, 0) is 27.1 Å². The molecule has 1 aromatic carbocycles. The lowest BCUT2D eigenvalue weighted by Gasteiger charge is -2.36. The summed E-state index contributed by atoms with van der Waals surface area (Å²) in [5.74, 6) is -2.48. The van der Waals surface area contributed by atoms with Crippen LogP contribution < -0.4 is 15.5 Å². The molecule has 1 aromatic heterocycles. The van der Waals surface area contributed by atoms with E-state index in [0.717, 1.165) is 11.6 Å². The fourth-order valence-electron chi connectivity index (χ4n) is 4.78. The number of aromatic nitrogens is 1. The zero-order valence-corrected chi connectivity index (χ0v) is 21.6. The molecule has 0 aliphatic carbocycles. The summed E-state index contributed by atoms with van der Waals surface area (Å²) in [7, 11) is 0. The van der Waals surface area contributed by atoms with Crippen LogP contribution in [0.15, 0.2) is 54.0 Å². The van der Waals surface area contributed by atoms with Crippen LogP contribution in [0.5, 0.6) is 0 Å². The van der Waals surface area contributed by atoms with Crippen molar-refractivity contribution < 1.29 is 27.6 Å². The topological polar surface area (TPSA) is 94.6 Å². The number of rotatable bonds is 6. The summed E-state index contributed by atoms with van der Waals surface area (Å²) in [6.45, 7) is 4.51. The van der Waals surface area contributed by atoms with Gasteiger partial charge in [-0.2, -0.15) is 13.2 Å². The van der Waals surface area contributed by atoms with E-state index >= 15 is 0 Å². The number of halogens is 4. The number of nitrogens with zero attached hydrogens (tertiary/aromatic N) is 3. The highest BCUT2D eigenvalue weighted by Gasteiger charge is 2.41. The van der Waals surface area contributed by atoms with Crippen molar-refractivity contribution in [1.82, 2.24) is 20.5 Å². The SMILES string of the molecule is CC1=C(C(=O)NCc2cccnc2)NC(C)C1C(=O)C(=O)N1CCN(c2ccc(Cl)c(C(F)(F)F)c2)CC1. The molecule has 12 heteroatoms. The van der Waals surface area contributed by atoms with Crippen molar-refractivity contribution in [3.63, 3.8) is 0 Å². The fourth-order valence-corrected chi connectivity index (χ4v) is 5.01. The Morgan fingerprint density at radius 3 is 2.50 bits per heavy atom. The van der Waals surface area contributed by atoms with E-state index in [0.29, 0.717) is 11.3 Å². The van der Waals surface area contributed by atoms with E-state index in [1.165, 1.54) is 17.0 Å². The van der Waals surface area contributed by atoms with Crippen LogP contribution >= 0.6 is 11.6 Å². The van der Waals surface area contributed by atoms with Gasteiger partial charge < -0.3 is 20.4 Å². The summed E-state index contributed by atoms with van der Waals surface area (Å²) in [6.07, 6.45) is -1.31. The standard InChI is InChI=1S/C26H27ClF3N5O3/c1-15-21(16(2)33-22(15)24(37)32-14-17-4-3-7-31-13-17)23(36)25(38)35-10-8-34(9-11-35)18-5-6-20(27)19(12-18)26(28,29)30/h3-7,12-13,16,21,33H,8-11,14H2,1-2H3,(H,32,37). The van der Waals surface area contributed by atoms with Crippen molar-refractivity contribution in [2.75, 3.05) is 31.1 Å². The Morgan fingerprint density at radius 1 is 1.16 bits per heavy atom. The van der Waals surface area contributed by atoms with Gasteiger partial charge in [-0.1, -0.05) is 17.7 Å². The van der Waals surface area contributed by atoms with Crippen LogP contribution in [0, 0.1) is 5.92 Å². The van der Waals surface area contributed by atoms with Crippen molar-refractivity contribution in [3.05, 3.63) is 70.1 Å². The third-order valence-electron chi connectivity index (χ3n) is 6.82. The second-order valence-corrected chi connectivity index (χ2v) is 9.73.